The summed E-state index contributed by atoms with van der Waals surface area (Å²) >= 11 is 3.32. The molecule has 0 atom stereocenters. The van der Waals surface area contributed by atoms with Crippen LogP contribution in [0.5, 0.6) is 0 Å². The first-order valence-electron chi connectivity index (χ1n) is 6.13. The summed E-state index contributed by atoms with van der Waals surface area (Å²) in [4.78, 5) is 23.0. The fourth-order valence-electron chi connectivity index (χ4n) is 1.42. The molecule has 1 aromatic carbocycles. The molecule has 3 N–H and O–H groups in total. The fraction of sp³-hybridized carbons (Fsp3) is 0.385. The molecule has 0 fully saturated rings. The minimum Gasteiger partial charge on any atom is -0.383 e. The lowest BCUT2D eigenvalue weighted by Gasteiger charge is -2.07. The molecule has 2 amide bonds. The minimum absolute atomic E-state index is 0.0736. The normalized spacial score (nSPS) is 10.1. The van der Waals surface area contributed by atoms with Gasteiger partial charge in [-0.15, -0.1) is 0 Å². The van der Waals surface area contributed by atoms with Crippen LogP contribution in [0.4, 0.5) is 5.69 Å². The van der Waals surface area contributed by atoms with Gasteiger partial charge in [0.2, 0.25) is 11.8 Å². The number of anilines is 1. The molecule has 0 aliphatic carbocycles. The zero-order chi connectivity index (χ0) is 14.8. The van der Waals surface area contributed by atoms with E-state index < -0.39 is 0 Å². The van der Waals surface area contributed by atoms with Crippen LogP contribution in [0.1, 0.15) is 0 Å². The van der Waals surface area contributed by atoms with Crippen molar-refractivity contribution in [2.45, 2.75) is 0 Å². The molecule has 7 heteroatoms. The molecular weight excluding hydrogens is 326 g/mol. The number of benzene rings is 1. The first-order valence-corrected chi connectivity index (χ1v) is 6.93. The third kappa shape index (κ3) is 7.22. The summed E-state index contributed by atoms with van der Waals surface area (Å²) in [6.07, 6.45) is 0. The standard InChI is InChI=1S/C13H18BrN3O3/c1-20-6-5-16-12(18)8-15-9-13(19)17-11-4-2-3-10(14)7-11/h2-4,7,15H,5-6,8-9H2,1H3,(H,16,18)(H,17,19). The number of carbonyl (C=O) groups is 2. The van der Waals surface area contributed by atoms with Crippen molar-refractivity contribution in [3.8, 4) is 0 Å². The maximum absolute atomic E-state index is 11.6. The molecule has 6 nitrogen and oxygen atoms in total. The van der Waals surface area contributed by atoms with Gasteiger partial charge < -0.3 is 15.4 Å². The number of amides is 2. The van der Waals surface area contributed by atoms with Crippen molar-refractivity contribution >= 4 is 33.4 Å². The lowest BCUT2D eigenvalue weighted by molar-refractivity contribution is -0.120. The topological polar surface area (TPSA) is 79.5 Å². The molecule has 0 aliphatic rings. The van der Waals surface area contributed by atoms with E-state index in [1.807, 2.05) is 12.1 Å². The molecule has 0 saturated heterocycles. The average Bonchev–Trinajstić information content (AvgIpc) is 2.39. The number of nitrogens with one attached hydrogen (secondary N) is 3. The summed E-state index contributed by atoms with van der Waals surface area (Å²) in [5.41, 5.74) is 0.704. The Morgan fingerprint density at radius 3 is 2.70 bits per heavy atom. The van der Waals surface area contributed by atoms with Gasteiger partial charge in [-0.2, -0.15) is 0 Å². The molecule has 1 aromatic rings. The molecule has 1 rings (SSSR count). The van der Waals surface area contributed by atoms with Crippen LogP contribution in [0.2, 0.25) is 0 Å². The van der Waals surface area contributed by atoms with Gasteiger partial charge in [-0.1, -0.05) is 22.0 Å². The molecule has 20 heavy (non-hydrogen) atoms. The molecule has 0 heterocycles. The number of halogens is 1. The SMILES string of the molecule is COCCNC(=O)CNCC(=O)Nc1cccc(Br)c1. The van der Waals surface area contributed by atoms with Gasteiger partial charge in [-0.3, -0.25) is 14.9 Å². The van der Waals surface area contributed by atoms with Crippen LogP contribution in [0.15, 0.2) is 28.7 Å². The van der Waals surface area contributed by atoms with E-state index in [1.165, 1.54) is 0 Å². The Morgan fingerprint density at radius 2 is 2.00 bits per heavy atom. The van der Waals surface area contributed by atoms with E-state index >= 15 is 0 Å². The maximum Gasteiger partial charge on any atom is 0.238 e. The zero-order valence-corrected chi connectivity index (χ0v) is 12.8. The molecule has 0 saturated carbocycles. The van der Waals surface area contributed by atoms with Crippen LogP contribution in [0.25, 0.3) is 0 Å². The first-order chi connectivity index (χ1) is 9.61. The van der Waals surface area contributed by atoms with Crippen LogP contribution in [0, 0.1) is 0 Å². The summed E-state index contributed by atoms with van der Waals surface area (Å²) in [6.45, 7) is 1.09. The Hall–Kier alpha value is -1.44. The Morgan fingerprint density at radius 1 is 1.25 bits per heavy atom. The zero-order valence-electron chi connectivity index (χ0n) is 11.2. The van der Waals surface area contributed by atoms with Crippen molar-refractivity contribution in [1.82, 2.24) is 10.6 Å². The Balaban J connectivity index is 2.18. The molecule has 0 aromatic heterocycles. The highest BCUT2D eigenvalue weighted by Crippen LogP contribution is 2.15. The summed E-state index contributed by atoms with van der Waals surface area (Å²) in [7, 11) is 1.57. The van der Waals surface area contributed by atoms with E-state index in [1.54, 1.807) is 19.2 Å². The number of methoxy groups -OCH3 is 1. The van der Waals surface area contributed by atoms with Gasteiger partial charge in [0.05, 0.1) is 19.7 Å². The van der Waals surface area contributed by atoms with Crippen LogP contribution in [-0.2, 0) is 14.3 Å². The minimum atomic E-state index is -0.201. The summed E-state index contributed by atoms with van der Waals surface area (Å²) in [6, 6.07) is 7.30. The molecule has 0 aliphatic heterocycles. The largest absolute Gasteiger partial charge is 0.383 e. The first kappa shape index (κ1) is 16.6. The molecular formula is C13H18BrN3O3. The highest BCUT2D eigenvalue weighted by molar-refractivity contribution is 9.10. The number of rotatable bonds is 8. The molecule has 0 bridgehead atoms. The van der Waals surface area contributed by atoms with Gasteiger partial charge >= 0.3 is 0 Å². The van der Waals surface area contributed by atoms with Crippen LogP contribution >= 0.6 is 15.9 Å². The van der Waals surface area contributed by atoms with Crippen molar-refractivity contribution in [3.63, 3.8) is 0 Å². The van der Waals surface area contributed by atoms with Gasteiger partial charge in [-0.05, 0) is 18.2 Å². The smallest absolute Gasteiger partial charge is 0.238 e. The van der Waals surface area contributed by atoms with Crippen molar-refractivity contribution in [3.05, 3.63) is 28.7 Å². The lowest BCUT2D eigenvalue weighted by Crippen LogP contribution is -2.38. The second kappa shape index (κ2) is 9.46. The second-order valence-corrected chi connectivity index (χ2v) is 4.92. The van der Waals surface area contributed by atoms with E-state index in [2.05, 4.69) is 31.9 Å². The number of hydrogen-bond donors (Lipinski definition) is 3. The monoisotopic (exact) mass is 343 g/mol. The van der Waals surface area contributed by atoms with Crippen molar-refractivity contribution in [2.24, 2.45) is 0 Å². The summed E-state index contributed by atoms with van der Waals surface area (Å²) < 4.78 is 5.70. The van der Waals surface area contributed by atoms with Gasteiger partial charge in [0, 0.05) is 23.8 Å². The predicted molar refractivity (Wildman–Crippen MR) is 80.5 cm³/mol. The predicted octanol–water partition coefficient (Wildman–Crippen LogP) is 0.740. The van der Waals surface area contributed by atoms with Gasteiger partial charge in [-0.25, -0.2) is 0 Å². The fourth-order valence-corrected chi connectivity index (χ4v) is 1.82. The third-order valence-electron chi connectivity index (χ3n) is 2.31. The average molecular weight is 344 g/mol. The molecule has 0 unspecified atom stereocenters. The van der Waals surface area contributed by atoms with Gasteiger partial charge in [0.15, 0.2) is 0 Å². The molecule has 0 spiro atoms. The summed E-state index contributed by atoms with van der Waals surface area (Å²) in [5, 5.41) is 8.15. The number of ether oxygens (including phenoxy) is 1. The Bertz CT molecular complexity index is 454. The highest BCUT2D eigenvalue weighted by Gasteiger charge is 2.04. The lowest BCUT2D eigenvalue weighted by atomic mass is 10.3. The highest BCUT2D eigenvalue weighted by atomic mass is 79.9. The van der Waals surface area contributed by atoms with Crippen LogP contribution in [-0.4, -0.2) is 45.2 Å². The van der Waals surface area contributed by atoms with Crippen molar-refractivity contribution < 1.29 is 14.3 Å². The Kier molecular flexibility index (Phi) is 7.86. The van der Waals surface area contributed by atoms with Crippen molar-refractivity contribution in [1.29, 1.82) is 0 Å². The van der Waals surface area contributed by atoms with Crippen LogP contribution in [0.3, 0.4) is 0 Å². The summed E-state index contributed by atoms with van der Waals surface area (Å²) in [5.74, 6) is -0.370. The Labute approximate surface area is 126 Å². The van der Waals surface area contributed by atoms with E-state index in [0.717, 1.165) is 4.47 Å². The number of hydrogen-bond acceptors (Lipinski definition) is 4. The maximum atomic E-state index is 11.6. The van der Waals surface area contributed by atoms with Gasteiger partial charge in [0.25, 0.3) is 0 Å². The van der Waals surface area contributed by atoms with E-state index in [-0.39, 0.29) is 24.9 Å². The molecule has 0 radical (unpaired) electrons. The van der Waals surface area contributed by atoms with Crippen LogP contribution < -0.4 is 16.0 Å². The molecule has 110 valence electrons. The quantitative estimate of drug-likeness (QED) is 0.608. The third-order valence-corrected chi connectivity index (χ3v) is 2.80. The van der Waals surface area contributed by atoms with E-state index in [9.17, 15) is 9.59 Å². The van der Waals surface area contributed by atoms with Crippen molar-refractivity contribution in [2.75, 3.05) is 38.7 Å². The van der Waals surface area contributed by atoms with E-state index in [4.69, 9.17) is 4.74 Å². The van der Waals surface area contributed by atoms with Gasteiger partial charge in [0.1, 0.15) is 0 Å². The number of carbonyl (C=O) groups excluding carboxylic acids is 2. The van der Waals surface area contributed by atoms with E-state index in [0.29, 0.717) is 18.8 Å². The second-order valence-electron chi connectivity index (χ2n) is 4.00.